The Morgan fingerprint density at radius 1 is 1.12 bits per heavy atom. The van der Waals surface area contributed by atoms with Crippen LogP contribution in [0.3, 0.4) is 0 Å². The number of rotatable bonds is 5. The highest BCUT2D eigenvalue weighted by molar-refractivity contribution is 7.18. The minimum Gasteiger partial charge on any atom is -0.459 e. The molecule has 0 bridgehead atoms. The Balaban J connectivity index is 1.66. The van der Waals surface area contributed by atoms with E-state index in [0.717, 1.165) is 16.7 Å². The summed E-state index contributed by atoms with van der Waals surface area (Å²) < 4.78 is 10.5. The predicted molar refractivity (Wildman–Crippen MR) is 96.0 cm³/mol. The van der Waals surface area contributed by atoms with Gasteiger partial charge in [-0.1, -0.05) is 24.3 Å². The van der Waals surface area contributed by atoms with Crippen molar-refractivity contribution in [1.29, 1.82) is 0 Å². The van der Waals surface area contributed by atoms with E-state index in [4.69, 9.17) is 9.15 Å². The van der Waals surface area contributed by atoms with Crippen LogP contribution in [0.1, 0.15) is 36.9 Å². The van der Waals surface area contributed by atoms with Gasteiger partial charge in [0.2, 0.25) is 0 Å². The second-order valence-electron chi connectivity index (χ2n) is 5.56. The zero-order valence-corrected chi connectivity index (χ0v) is 14.7. The van der Waals surface area contributed by atoms with Crippen LogP contribution >= 0.6 is 11.3 Å². The minimum atomic E-state index is -0.399. The molecule has 0 aliphatic heterocycles. The zero-order chi connectivity index (χ0) is 17.8. The number of benzene rings is 1. The van der Waals surface area contributed by atoms with Crippen molar-refractivity contribution in [3.05, 3.63) is 76.1 Å². The first-order valence-corrected chi connectivity index (χ1v) is 8.53. The van der Waals surface area contributed by atoms with Gasteiger partial charge < -0.3 is 14.5 Å². The average Bonchev–Trinajstić information content (AvgIpc) is 3.24. The van der Waals surface area contributed by atoms with Crippen LogP contribution < -0.4 is 5.32 Å². The number of ether oxygens (including phenoxy) is 1. The average molecular weight is 355 g/mol. The van der Waals surface area contributed by atoms with Crippen LogP contribution in [0.4, 0.5) is 5.00 Å². The van der Waals surface area contributed by atoms with Crippen LogP contribution in [-0.4, -0.2) is 11.9 Å². The van der Waals surface area contributed by atoms with Gasteiger partial charge in [0.05, 0.1) is 11.3 Å². The quantitative estimate of drug-likeness (QED) is 0.681. The highest BCUT2D eigenvalue weighted by Gasteiger charge is 2.18. The van der Waals surface area contributed by atoms with Crippen LogP contribution in [0.15, 0.2) is 53.1 Å². The molecule has 0 aliphatic rings. The lowest BCUT2D eigenvalue weighted by molar-refractivity contribution is 0.0477. The third-order valence-electron chi connectivity index (χ3n) is 3.70. The molecule has 2 heterocycles. The maximum atomic E-state index is 12.3. The Hall–Kier alpha value is -2.86. The third-order valence-corrected chi connectivity index (χ3v) is 4.84. The summed E-state index contributed by atoms with van der Waals surface area (Å²) in [6, 6.07) is 12.7. The number of thiophene rings is 1. The van der Waals surface area contributed by atoms with Gasteiger partial charge in [0.15, 0.2) is 5.76 Å². The highest BCUT2D eigenvalue weighted by Crippen LogP contribution is 2.28. The molecule has 0 radical (unpaired) electrons. The van der Waals surface area contributed by atoms with Crippen molar-refractivity contribution >= 4 is 28.2 Å². The monoisotopic (exact) mass is 355 g/mol. The van der Waals surface area contributed by atoms with Gasteiger partial charge in [0.25, 0.3) is 5.91 Å². The summed E-state index contributed by atoms with van der Waals surface area (Å²) in [5.41, 5.74) is 2.80. The lowest BCUT2D eigenvalue weighted by Crippen LogP contribution is -2.09. The molecular weight excluding hydrogens is 338 g/mol. The topological polar surface area (TPSA) is 68.5 Å². The van der Waals surface area contributed by atoms with Crippen LogP contribution in [0.5, 0.6) is 0 Å². The summed E-state index contributed by atoms with van der Waals surface area (Å²) >= 11 is 1.18. The van der Waals surface area contributed by atoms with Crippen LogP contribution in [0.2, 0.25) is 0 Å². The molecule has 0 saturated heterocycles. The number of hydrogen-bond donors (Lipinski definition) is 1. The van der Waals surface area contributed by atoms with E-state index in [1.165, 1.54) is 17.6 Å². The Kier molecular flexibility index (Phi) is 5.00. The van der Waals surface area contributed by atoms with Gasteiger partial charge in [-0.2, -0.15) is 0 Å². The normalized spacial score (nSPS) is 10.5. The molecule has 1 N–H and O–H groups in total. The number of hydrogen-bond acceptors (Lipinski definition) is 5. The molecule has 2 aromatic heterocycles. The fourth-order valence-electron chi connectivity index (χ4n) is 2.31. The van der Waals surface area contributed by atoms with E-state index in [0.29, 0.717) is 9.88 Å². The van der Waals surface area contributed by atoms with Crippen molar-refractivity contribution in [2.45, 2.75) is 20.5 Å². The van der Waals surface area contributed by atoms with Crippen molar-refractivity contribution in [3.63, 3.8) is 0 Å². The molecule has 0 saturated carbocycles. The zero-order valence-electron chi connectivity index (χ0n) is 13.9. The Morgan fingerprint density at radius 2 is 1.92 bits per heavy atom. The van der Waals surface area contributed by atoms with Crippen molar-refractivity contribution in [2.24, 2.45) is 0 Å². The summed E-state index contributed by atoms with van der Waals surface area (Å²) in [5.74, 6) is -0.537. The Morgan fingerprint density at radius 3 is 2.64 bits per heavy atom. The molecule has 128 valence electrons. The Bertz CT molecular complexity index is 896. The molecule has 0 atom stereocenters. The molecule has 3 rings (SSSR count). The van der Waals surface area contributed by atoms with E-state index in [-0.39, 0.29) is 18.3 Å². The van der Waals surface area contributed by atoms with Crippen molar-refractivity contribution < 1.29 is 18.7 Å². The maximum Gasteiger partial charge on any atom is 0.348 e. The molecule has 1 amide bonds. The lowest BCUT2D eigenvalue weighted by atomic mass is 10.1. The molecular formula is C19H17NO4S. The van der Waals surface area contributed by atoms with Gasteiger partial charge in [-0.25, -0.2) is 4.79 Å². The molecule has 0 spiro atoms. The first-order chi connectivity index (χ1) is 12.0. The predicted octanol–water partition coefficient (Wildman–Crippen LogP) is 4.57. The molecule has 5 nitrogen and oxygen atoms in total. The van der Waals surface area contributed by atoms with Gasteiger partial charge >= 0.3 is 5.97 Å². The van der Waals surface area contributed by atoms with Gasteiger partial charge in [0, 0.05) is 0 Å². The summed E-state index contributed by atoms with van der Waals surface area (Å²) in [4.78, 5) is 24.8. The van der Waals surface area contributed by atoms with Gasteiger partial charge in [-0.05, 0) is 48.7 Å². The minimum absolute atomic E-state index is 0.217. The van der Waals surface area contributed by atoms with Crippen molar-refractivity contribution in [3.8, 4) is 0 Å². The van der Waals surface area contributed by atoms with Gasteiger partial charge in [-0.15, -0.1) is 11.3 Å². The number of esters is 1. The summed E-state index contributed by atoms with van der Waals surface area (Å²) in [6.45, 7) is 4.00. The highest BCUT2D eigenvalue weighted by atomic mass is 32.1. The van der Waals surface area contributed by atoms with Crippen LogP contribution in [-0.2, 0) is 11.3 Å². The summed E-state index contributed by atoms with van der Waals surface area (Å²) in [5, 5.41) is 3.29. The standard InChI is InChI=1S/C19H17NO4S/c1-12-6-3-4-7-14(12)11-24-19(22)17-13(2)10-16(25-17)20-18(21)15-8-5-9-23-15/h3-10H,11H2,1-2H3,(H,20,21). The van der Waals surface area contributed by atoms with Gasteiger partial charge in [-0.3, -0.25) is 4.79 Å². The fraction of sp³-hybridized carbons (Fsp3) is 0.158. The number of carbonyl (C=O) groups excluding carboxylic acids is 2. The number of furan rings is 1. The number of aryl methyl sites for hydroxylation is 2. The SMILES string of the molecule is Cc1ccccc1COC(=O)c1sc(NC(=O)c2ccco2)cc1C. The molecule has 0 aliphatic carbocycles. The van der Waals surface area contributed by atoms with E-state index < -0.39 is 5.97 Å². The van der Waals surface area contributed by atoms with Crippen LogP contribution in [0.25, 0.3) is 0 Å². The van der Waals surface area contributed by atoms with E-state index in [2.05, 4.69) is 5.32 Å². The van der Waals surface area contributed by atoms with Crippen molar-refractivity contribution in [1.82, 2.24) is 0 Å². The molecule has 3 aromatic rings. The number of nitrogens with one attached hydrogen (secondary N) is 1. The molecule has 0 fully saturated rings. The van der Waals surface area contributed by atoms with Gasteiger partial charge in [0.1, 0.15) is 11.5 Å². The molecule has 6 heteroatoms. The molecule has 1 aromatic carbocycles. The smallest absolute Gasteiger partial charge is 0.348 e. The first-order valence-electron chi connectivity index (χ1n) is 7.71. The molecule has 25 heavy (non-hydrogen) atoms. The third kappa shape index (κ3) is 3.97. The van der Waals surface area contributed by atoms with E-state index in [1.54, 1.807) is 18.2 Å². The first kappa shape index (κ1) is 17.0. The summed E-state index contributed by atoms with van der Waals surface area (Å²) in [6.07, 6.45) is 1.43. The lowest BCUT2D eigenvalue weighted by Gasteiger charge is -2.06. The Labute approximate surface area is 149 Å². The van der Waals surface area contributed by atoms with Crippen molar-refractivity contribution in [2.75, 3.05) is 5.32 Å². The van der Waals surface area contributed by atoms with Crippen LogP contribution in [0, 0.1) is 13.8 Å². The largest absolute Gasteiger partial charge is 0.459 e. The number of amides is 1. The van der Waals surface area contributed by atoms with E-state index in [1.807, 2.05) is 38.1 Å². The second kappa shape index (κ2) is 7.36. The fourth-order valence-corrected chi connectivity index (χ4v) is 3.27. The number of carbonyl (C=O) groups is 2. The summed E-state index contributed by atoms with van der Waals surface area (Å²) in [7, 11) is 0. The van der Waals surface area contributed by atoms with E-state index >= 15 is 0 Å². The number of anilines is 1. The van der Waals surface area contributed by atoms with E-state index in [9.17, 15) is 9.59 Å². The molecule has 0 unspecified atom stereocenters. The second-order valence-corrected chi connectivity index (χ2v) is 6.61. The maximum absolute atomic E-state index is 12.3.